The van der Waals surface area contributed by atoms with Gasteiger partial charge >= 0.3 is 6.09 Å². The van der Waals surface area contributed by atoms with Crippen LogP contribution in [0.5, 0.6) is 5.75 Å². The van der Waals surface area contributed by atoms with Crippen LogP contribution in [0.2, 0.25) is 0 Å². The van der Waals surface area contributed by atoms with Gasteiger partial charge < -0.3 is 9.47 Å². The van der Waals surface area contributed by atoms with Crippen molar-refractivity contribution in [3.63, 3.8) is 0 Å². The molecule has 1 aliphatic heterocycles. The van der Waals surface area contributed by atoms with Crippen LogP contribution in [0.15, 0.2) is 59.7 Å². The fourth-order valence-electron chi connectivity index (χ4n) is 2.64. The number of carbonyl (C=O) groups excluding carboxylic acids is 2. The second-order valence-electron chi connectivity index (χ2n) is 5.84. The predicted molar refractivity (Wildman–Crippen MR) is 102 cm³/mol. The third-order valence-electron chi connectivity index (χ3n) is 3.91. The molecule has 140 valence electrons. The van der Waals surface area contributed by atoms with Gasteiger partial charge in [-0.05, 0) is 24.6 Å². The van der Waals surface area contributed by atoms with Gasteiger partial charge in [0, 0.05) is 18.2 Å². The molecule has 0 radical (unpaired) electrons. The monoisotopic (exact) mass is 367 g/mol. The minimum absolute atomic E-state index is 0.131. The number of carbonyl (C=O) groups is 2. The van der Waals surface area contributed by atoms with E-state index in [9.17, 15) is 9.59 Å². The molecule has 0 spiro atoms. The summed E-state index contributed by atoms with van der Waals surface area (Å²) in [5, 5.41) is 8.42. The molecule has 0 bridgehead atoms. The van der Waals surface area contributed by atoms with E-state index in [1.165, 1.54) is 5.01 Å². The third-order valence-corrected chi connectivity index (χ3v) is 3.91. The van der Waals surface area contributed by atoms with Crippen molar-refractivity contribution in [2.75, 3.05) is 25.1 Å². The van der Waals surface area contributed by atoms with Gasteiger partial charge in [-0.15, -0.1) is 0 Å². The third kappa shape index (κ3) is 5.07. The normalized spacial score (nSPS) is 13.1. The maximum atomic E-state index is 12.3. The highest BCUT2D eigenvalue weighted by Crippen LogP contribution is 2.18. The van der Waals surface area contributed by atoms with Gasteiger partial charge in [0.25, 0.3) is 5.91 Å². The van der Waals surface area contributed by atoms with Gasteiger partial charge in [-0.3, -0.25) is 10.1 Å². The van der Waals surface area contributed by atoms with E-state index >= 15 is 0 Å². The van der Waals surface area contributed by atoms with Crippen LogP contribution in [0.1, 0.15) is 18.9 Å². The first kappa shape index (κ1) is 18.4. The molecule has 0 saturated carbocycles. The molecular formula is C20H21N3O4. The Kier molecular flexibility index (Phi) is 6.04. The number of rotatable bonds is 6. The summed E-state index contributed by atoms with van der Waals surface area (Å²) in [7, 11) is 0. The average molecular weight is 367 g/mol. The van der Waals surface area contributed by atoms with Crippen LogP contribution in [0.4, 0.5) is 10.5 Å². The van der Waals surface area contributed by atoms with Gasteiger partial charge in [0.05, 0.1) is 18.9 Å². The number of anilines is 1. The largest absolute Gasteiger partial charge is 0.484 e. The molecule has 2 amide bonds. The van der Waals surface area contributed by atoms with Crippen LogP contribution in [-0.4, -0.2) is 42.5 Å². The number of benzene rings is 2. The standard InChI is InChI=1S/C20H21N3O4/c1-2-26-20(25)21-16-9-6-10-17(13-16)27-14-19(24)23-12-11-18(22-23)15-7-4-3-5-8-15/h3-10,13H,2,11-12,14H2,1H3,(H,21,25). The minimum atomic E-state index is -0.537. The Balaban J connectivity index is 1.55. The Hall–Kier alpha value is -3.35. The van der Waals surface area contributed by atoms with Gasteiger partial charge in [-0.1, -0.05) is 36.4 Å². The highest BCUT2D eigenvalue weighted by atomic mass is 16.5. The first-order valence-electron chi connectivity index (χ1n) is 8.75. The quantitative estimate of drug-likeness (QED) is 0.850. The number of hydrogen-bond donors (Lipinski definition) is 1. The minimum Gasteiger partial charge on any atom is -0.484 e. The molecule has 0 unspecified atom stereocenters. The van der Waals surface area contributed by atoms with Crippen LogP contribution in [0.3, 0.4) is 0 Å². The summed E-state index contributed by atoms with van der Waals surface area (Å²) in [6, 6.07) is 16.6. The number of ether oxygens (including phenoxy) is 2. The summed E-state index contributed by atoms with van der Waals surface area (Å²) >= 11 is 0. The molecule has 1 aliphatic rings. The number of hydrazone groups is 1. The Labute approximate surface area is 157 Å². The van der Waals surface area contributed by atoms with Crippen molar-refractivity contribution in [2.24, 2.45) is 5.10 Å². The molecular weight excluding hydrogens is 346 g/mol. The van der Waals surface area contributed by atoms with Crippen molar-refractivity contribution in [2.45, 2.75) is 13.3 Å². The van der Waals surface area contributed by atoms with Gasteiger partial charge in [-0.25, -0.2) is 9.80 Å². The van der Waals surface area contributed by atoms with E-state index in [1.54, 1.807) is 31.2 Å². The van der Waals surface area contributed by atoms with Crippen LogP contribution >= 0.6 is 0 Å². The topological polar surface area (TPSA) is 80.2 Å². The zero-order valence-corrected chi connectivity index (χ0v) is 15.1. The molecule has 2 aromatic carbocycles. The van der Waals surface area contributed by atoms with Crippen molar-refractivity contribution < 1.29 is 19.1 Å². The maximum Gasteiger partial charge on any atom is 0.411 e. The molecule has 3 rings (SSSR count). The Morgan fingerprint density at radius 1 is 1.15 bits per heavy atom. The Bertz CT molecular complexity index is 836. The van der Waals surface area contributed by atoms with Crippen molar-refractivity contribution in [3.05, 3.63) is 60.2 Å². The second-order valence-corrected chi connectivity index (χ2v) is 5.84. The summed E-state index contributed by atoms with van der Waals surface area (Å²) in [4.78, 5) is 23.8. The van der Waals surface area contributed by atoms with E-state index in [0.717, 1.165) is 11.3 Å². The van der Waals surface area contributed by atoms with E-state index in [1.807, 2.05) is 30.3 Å². The second kappa shape index (κ2) is 8.84. The molecule has 0 fully saturated rings. The van der Waals surface area contributed by atoms with E-state index in [2.05, 4.69) is 10.4 Å². The lowest BCUT2D eigenvalue weighted by Crippen LogP contribution is -2.28. The number of hydrogen-bond acceptors (Lipinski definition) is 5. The smallest absolute Gasteiger partial charge is 0.411 e. The number of nitrogens with one attached hydrogen (secondary N) is 1. The van der Waals surface area contributed by atoms with Gasteiger partial charge in [0.1, 0.15) is 5.75 Å². The highest BCUT2D eigenvalue weighted by Gasteiger charge is 2.21. The van der Waals surface area contributed by atoms with E-state index in [4.69, 9.17) is 9.47 Å². The lowest BCUT2D eigenvalue weighted by Gasteiger charge is -2.13. The maximum absolute atomic E-state index is 12.3. The molecule has 27 heavy (non-hydrogen) atoms. The summed E-state index contributed by atoms with van der Waals surface area (Å²) in [6.07, 6.45) is 0.180. The first-order chi connectivity index (χ1) is 13.2. The van der Waals surface area contributed by atoms with Crippen LogP contribution in [0, 0.1) is 0 Å². The first-order valence-corrected chi connectivity index (χ1v) is 8.75. The van der Waals surface area contributed by atoms with Gasteiger partial charge in [0.15, 0.2) is 6.61 Å². The predicted octanol–water partition coefficient (Wildman–Crippen LogP) is 3.27. The van der Waals surface area contributed by atoms with Crippen LogP contribution in [0.25, 0.3) is 0 Å². The lowest BCUT2D eigenvalue weighted by molar-refractivity contribution is -0.132. The van der Waals surface area contributed by atoms with E-state index in [-0.39, 0.29) is 19.1 Å². The van der Waals surface area contributed by atoms with Crippen molar-refractivity contribution >= 4 is 23.4 Å². The summed E-state index contributed by atoms with van der Waals surface area (Å²) in [5.74, 6) is 0.258. The zero-order chi connectivity index (χ0) is 19.1. The zero-order valence-electron chi connectivity index (χ0n) is 15.1. The number of amides is 2. The molecule has 0 aliphatic carbocycles. The summed E-state index contributed by atoms with van der Waals surface area (Å²) < 4.78 is 10.4. The summed E-state index contributed by atoms with van der Waals surface area (Å²) in [5.41, 5.74) is 2.44. The van der Waals surface area contributed by atoms with Gasteiger partial charge in [-0.2, -0.15) is 5.10 Å². The molecule has 2 aromatic rings. The fourth-order valence-corrected chi connectivity index (χ4v) is 2.64. The fraction of sp³-hybridized carbons (Fsp3) is 0.250. The molecule has 7 nitrogen and oxygen atoms in total. The molecule has 7 heteroatoms. The molecule has 0 aromatic heterocycles. The van der Waals surface area contributed by atoms with Crippen LogP contribution in [-0.2, 0) is 9.53 Å². The summed E-state index contributed by atoms with van der Waals surface area (Å²) in [6.45, 7) is 2.43. The average Bonchev–Trinajstić information content (AvgIpc) is 3.18. The highest BCUT2D eigenvalue weighted by molar-refractivity contribution is 6.02. The van der Waals surface area contributed by atoms with E-state index in [0.29, 0.717) is 24.4 Å². The van der Waals surface area contributed by atoms with Crippen molar-refractivity contribution in [1.29, 1.82) is 0 Å². The van der Waals surface area contributed by atoms with Gasteiger partial charge in [0.2, 0.25) is 0 Å². The van der Waals surface area contributed by atoms with E-state index < -0.39 is 6.09 Å². The molecule has 1 heterocycles. The number of nitrogens with zero attached hydrogens (tertiary/aromatic N) is 2. The Morgan fingerprint density at radius 2 is 1.96 bits per heavy atom. The van der Waals surface area contributed by atoms with Crippen LogP contribution < -0.4 is 10.1 Å². The SMILES string of the molecule is CCOC(=O)Nc1cccc(OCC(=O)N2CCC(c3ccccc3)=N2)c1. The van der Waals surface area contributed by atoms with Crippen molar-refractivity contribution in [1.82, 2.24) is 5.01 Å². The Morgan fingerprint density at radius 3 is 2.74 bits per heavy atom. The molecule has 1 N–H and O–H groups in total. The lowest BCUT2D eigenvalue weighted by atomic mass is 10.1. The van der Waals surface area contributed by atoms with Crippen molar-refractivity contribution in [3.8, 4) is 5.75 Å². The molecule has 0 atom stereocenters. The molecule has 0 saturated heterocycles.